The van der Waals surface area contributed by atoms with E-state index in [2.05, 4.69) is 0 Å². The third-order valence-corrected chi connectivity index (χ3v) is 11.6. The van der Waals surface area contributed by atoms with Crippen LogP contribution in [-0.4, -0.2) is 58.5 Å². The number of hydrogen-bond donors (Lipinski definition) is 3. The summed E-state index contributed by atoms with van der Waals surface area (Å²) in [5.74, 6) is -1.93. The Labute approximate surface area is 340 Å². The quantitative estimate of drug-likeness (QED) is 0.173. The third-order valence-electron chi connectivity index (χ3n) is 11.6. The molecule has 59 heavy (non-hydrogen) atoms. The van der Waals surface area contributed by atoms with Crippen molar-refractivity contribution in [3.63, 3.8) is 0 Å². The van der Waals surface area contributed by atoms with Gasteiger partial charge in [-0.1, -0.05) is 97.1 Å². The lowest BCUT2D eigenvalue weighted by Crippen LogP contribution is -2.28. The molecule has 0 aromatic heterocycles. The van der Waals surface area contributed by atoms with Crippen molar-refractivity contribution in [2.24, 2.45) is 0 Å². The first-order chi connectivity index (χ1) is 28.6. The van der Waals surface area contributed by atoms with Gasteiger partial charge in [-0.15, -0.1) is 0 Å². The molecular weight excluding hydrogens is 745 g/mol. The van der Waals surface area contributed by atoms with Gasteiger partial charge in [-0.05, 0) is 68.8 Å². The minimum atomic E-state index is -0.373. The van der Waals surface area contributed by atoms with E-state index in [1.807, 2.05) is 97.1 Å². The number of fused-ring (bicyclic) bond motifs is 4. The van der Waals surface area contributed by atoms with Crippen molar-refractivity contribution in [1.82, 2.24) is 19.6 Å². The van der Waals surface area contributed by atoms with Gasteiger partial charge in [0, 0.05) is 64.0 Å². The zero-order chi connectivity index (χ0) is 40.8. The molecule has 4 amide bonds. The van der Waals surface area contributed by atoms with Gasteiger partial charge in [-0.25, -0.2) is 0 Å². The Morgan fingerprint density at radius 1 is 0.322 bits per heavy atom. The third kappa shape index (κ3) is 7.12. The summed E-state index contributed by atoms with van der Waals surface area (Å²) in [5, 5.41) is 30.9. The zero-order valence-electron chi connectivity index (χ0n) is 32.0. The predicted octanol–water partition coefficient (Wildman–Crippen LogP) is 7.11. The number of benzene rings is 6. The fourth-order valence-corrected chi connectivity index (χ4v) is 8.36. The Kier molecular flexibility index (Phi) is 9.56. The molecule has 0 atom stereocenters. The number of rotatable bonds is 4. The number of phenols is 3. The molecule has 11 heteroatoms. The number of nitrogens with zero attached hydrogens (tertiary/aromatic N) is 4. The Balaban J connectivity index is 0.000000152. The lowest BCUT2D eigenvalue weighted by molar-refractivity contribution is 0.0731. The summed E-state index contributed by atoms with van der Waals surface area (Å²) in [4.78, 5) is 58.9. The van der Waals surface area contributed by atoms with Crippen LogP contribution in [0.3, 0.4) is 0 Å². The maximum absolute atomic E-state index is 13.1. The molecule has 0 bridgehead atoms. The van der Waals surface area contributed by atoms with Crippen molar-refractivity contribution in [3.05, 3.63) is 194 Å². The maximum atomic E-state index is 13.1. The van der Waals surface area contributed by atoms with Gasteiger partial charge in [-0.3, -0.25) is 19.2 Å². The summed E-state index contributed by atoms with van der Waals surface area (Å²) < 4.78 is 0. The lowest BCUT2D eigenvalue weighted by Gasteiger charge is -2.19. The Hall–Kier alpha value is -7.40. The first-order valence-corrected chi connectivity index (χ1v) is 19.4. The van der Waals surface area contributed by atoms with Crippen molar-refractivity contribution < 1.29 is 34.5 Å². The highest BCUT2D eigenvalue weighted by Gasteiger charge is 2.32. The molecule has 11 nitrogen and oxygen atoms in total. The number of hydrogen-bond acceptors (Lipinski definition) is 7. The van der Waals surface area contributed by atoms with Gasteiger partial charge in [0.05, 0.1) is 16.7 Å². The standard InChI is InChI=1S/C24H20N2O4.C24H20N2O3/c27-21-10-22(28)20(24(30)26-13-17-7-3-4-8-18(17)14-26)9-19(21)23(29)25-11-15-5-1-2-6-16(15)12-25;27-22-10-9-16(23(28)25-12-17-5-1-2-6-18(17)13-25)11-21(22)24(29)26-14-19-7-3-4-8-20(19)15-26/h1-10,27-28H,11-14H2;1-11,27H,12-15H2. The minimum Gasteiger partial charge on any atom is -0.507 e. The van der Waals surface area contributed by atoms with Crippen molar-refractivity contribution in [3.8, 4) is 17.2 Å². The van der Waals surface area contributed by atoms with E-state index in [0.29, 0.717) is 57.9 Å². The van der Waals surface area contributed by atoms with Crippen LogP contribution in [0, 0.1) is 0 Å². The van der Waals surface area contributed by atoms with E-state index in [4.69, 9.17) is 0 Å². The minimum absolute atomic E-state index is 0.0145. The average molecular weight is 785 g/mol. The molecule has 294 valence electrons. The van der Waals surface area contributed by atoms with E-state index in [0.717, 1.165) is 50.6 Å². The zero-order valence-corrected chi connectivity index (χ0v) is 32.0. The summed E-state index contributed by atoms with van der Waals surface area (Å²) in [7, 11) is 0. The smallest absolute Gasteiger partial charge is 0.258 e. The van der Waals surface area contributed by atoms with Crippen molar-refractivity contribution in [2.45, 2.75) is 52.4 Å². The van der Waals surface area contributed by atoms with Crippen LogP contribution in [0.2, 0.25) is 0 Å². The summed E-state index contributed by atoms with van der Waals surface area (Å²) in [6.45, 7) is 3.91. The van der Waals surface area contributed by atoms with Crippen LogP contribution in [0.4, 0.5) is 0 Å². The first-order valence-electron chi connectivity index (χ1n) is 19.4. The van der Waals surface area contributed by atoms with Crippen molar-refractivity contribution in [2.75, 3.05) is 0 Å². The molecule has 6 aromatic carbocycles. The van der Waals surface area contributed by atoms with Gasteiger partial charge in [0.25, 0.3) is 23.6 Å². The van der Waals surface area contributed by atoms with E-state index >= 15 is 0 Å². The van der Waals surface area contributed by atoms with E-state index in [9.17, 15) is 34.5 Å². The molecule has 0 unspecified atom stereocenters. The highest BCUT2D eigenvalue weighted by atomic mass is 16.3. The van der Waals surface area contributed by atoms with Gasteiger partial charge in [-0.2, -0.15) is 0 Å². The second-order valence-corrected chi connectivity index (χ2v) is 15.3. The fourth-order valence-electron chi connectivity index (χ4n) is 8.36. The second-order valence-electron chi connectivity index (χ2n) is 15.3. The molecular formula is C48H40N4O7. The van der Waals surface area contributed by atoms with Crippen LogP contribution in [0.15, 0.2) is 127 Å². The highest BCUT2D eigenvalue weighted by molar-refractivity contribution is 6.04. The molecule has 4 aliphatic rings. The number of phenolic OH excluding ortho intramolecular Hbond substituents is 3. The molecule has 0 aliphatic carbocycles. The van der Waals surface area contributed by atoms with Gasteiger partial charge in [0.1, 0.15) is 17.2 Å². The van der Waals surface area contributed by atoms with Crippen LogP contribution < -0.4 is 0 Å². The summed E-state index contributed by atoms with van der Waals surface area (Å²) in [6, 6.07) is 38.4. The van der Waals surface area contributed by atoms with Crippen molar-refractivity contribution in [1.29, 1.82) is 0 Å². The van der Waals surface area contributed by atoms with Crippen LogP contribution in [0.5, 0.6) is 17.2 Å². The normalized spacial score (nSPS) is 14.6. The first kappa shape index (κ1) is 37.2. The number of aromatic hydroxyl groups is 3. The second kappa shape index (κ2) is 15.2. The predicted molar refractivity (Wildman–Crippen MR) is 218 cm³/mol. The molecule has 3 N–H and O–H groups in total. The van der Waals surface area contributed by atoms with E-state index in [1.54, 1.807) is 25.7 Å². The molecule has 4 heterocycles. The summed E-state index contributed by atoms with van der Waals surface area (Å²) in [6.07, 6.45) is 0. The Bertz CT molecular complexity index is 2500. The average Bonchev–Trinajstić information content (AvgIpc) is 4.07. The summed E-state index contributed by atoms with van der Waals surface area (Å²) >= 11 is 0. The van der Waals surface area contributed by atoms with E-state index < -0.39 is 0 Å². The number of carbonyl (C=O) groups is 4. The van der Waals surface area contributed by atoms with Crippen molar-refractivity contribution >= 4 is 23.6 Å². The topological polar surface area (TPSA) is 142 Å². The highest BCUT2D eigenvalue weighted by Crippen LogP contribution is 2.34. The summed E-state index contributed by atoms with van der Waals surface area (Å²) in [5.41, 5.74) is 9.38. The Morgan fingerprint density at radius 3 is 0.898 bits per heavy atom. The Morgan fingerprint density at radius 2 is 0.593 bits per heavy atom. The molecule has 0 saturated heterocycles. The molecule has 0 fully saturated rings. The molecule has 6 aromatic rings. The van der Waals surface area contributed by atoms with E-state index in [-0.39, 0.29) is 57.6 Å². The van der Waals surface area contributed by atoms with Crippen LogP contribution in [0.25, 0.3) is 0 Å². The van der Waals surface area contributed by atoms with Gasteiger partial charge in [0.15, 0.2) is 0 Å². The monoisotopic (exact) mass is 784 g/mol. The van der Waals surface area contributed by atoms with Crippen LogP contribution in [0.1, 0.15) is 85.9 Å². The molecule has 0 spiro atoms. The largest absolute Gasteiger partial charge is 0.507 e. The van der Waals surface area contributed by atoms with Gasteiger partial charge in [0.2, 0.25) is 0 Å². The lowest BCUT2D eigenvalue weighted by atomic mass is 10.1. The maximum Gasteiger partial charge on any atom is 0.258 e. The fraction of sp³-hybridized carbons (Fsp3) is 0.167. The van der Waals surface area contributed by atoms with Gasteiger partial charge >= 0.3 is 0 Å². The SMILES string of the molecule is O=C(c1cc(C(=O)N2Cc3ccccc3C2)c(O)cc1O)N1Cc2ccccc2C1.O=C(c1ccc(O)c(C(=O)N2Cc3ccccc3C2)c1)N1Cc2ccccc2C1. The van der Waals surface area contributed by atoms with E-state index in [1.165, 1.54) is 18.2 Å². The number of amides is 4. The van der Waals surface area contributed by atoms with Gasteiger partial charge < -0.3 is 34.9 Å². The van der Waals surface area contributed by atoms with Crippen LogP contribution in [-0.2, 0) is 52.4 Å². The van der Waals surface area contributed by atoms with Crippen LogP contribution >= 0.6 is 0 Å². The number of carbonyl (C=O) groups excluding carboxylic acids is 4. The molecule has 10 rings (SSSR count). The molecule has 0 radical (unpaired) electrons. The molecule has 0 saturated carbocycles. The molecule has 4 aliphatic heterocycles.